The smallest absolute Gasteiger partial charge is 0.387 e. The molecule has 0 fully saturated rings. The van der Waals surface area contributed by atoms with Crippen molar-refractivity contribution in [2.45, 2.75) is 19.8 Å². The van der Waals surface area contributed by atoms with Crippen molar-refractivity contribution >= 4 is 17.2 Å². The number of amides is 1. The Kier molecular flexibility index (Phi) is 7.82. The molecule has 32 heavy (non-hydrogen) atoms. The number of rotatable bonds is 10. The third kappa shape index (κ3) is 5.85. The van der Waals surface area contributed by atoms with Crippen LogP contribution < -0.4 is 18.9 Å². The van der Waals surface area contributed by atoms with Crippen LogP contribution in [0, 0.1) is 0 Å². The molecule has 0 atom stereocenters. The average molecular weight is 464 g/mol. The molecule has 0 aliphatic heterocycles. The number of carbonyl (C=O) groups is 1. The normalized spacial score (nSPS) is 10.7. The second-order valence-electron chi connectivity index (χ2n) is 6.66. The zero-order valence-electron chi connectivity index (χ0n) is 17.7. The summed E-state index contributed by atoms with van der Waals surface area (Å²) in [5.41, 5.74) is 3.63. The Bertz CT molecular complexity index is 1050. The Balaban J connectivity index is 1.69. The van der Waals surface area contributed by atoms with Crippen molar-refractivity contribution in [3.8, 4) is 23.0 Å². The van der Waals surface area contributed by atoms with E-state index in [0.29, 0.717) is 29.2 Å². The van der Waals surface area contributed by atoms with Gasteiger partial charge in [0.15, 0.2) is 23.0 Å². The number of hydrogen-bond donors (Lipinski definition) is 0. The number of hydrogen-bond acceptors (Lipinski definition) is 7. The fourth-order valence-electron chi connectivity index (χ4n) is 2.95. The van der Waals surface area contributed by atoms with E-state index in [-0.39, 0.29) is 24.0 Å². The predicted octanol–water partition coefficient (Wildman–Crippen LogP) is 4.61. The number of nitrogens with zero attached hydrogens (tertiary/aromatic N) is 2. The maximum Gasteiger partial charge on any atom is 0.387 e. The summed E-state index contributed by atoms with van der Waals surface area (Å²) in [5.74, 6) is 0.764. The number of aromatic nitrogens is 1. The number of benzene rings is 2. The minimum absolute atomic E-state index is 0.0711. The third-order valence-corrected chi connectivity index (χ3v) is 5.12. The highest BCUT2D eigenvalue weighted by Crippen LogP contribution is 2.31. The Labute approximate surface area is 188 Å². The molecule has 7 nitrogen and oxygen atoms in total. The van der Waals surface area contributed by atoms with Crippen LogP contribution in [0.3, 0.4) is 0 Å². The van der Waals surface area contributed by atoms with Crippen LogP contribution in [-0.2, 0) is 13.2 Å². The SMILES string of the molecule is COc1cc(C(=O)N(C)Cc2ccc(OC(F)F)c(OC)c2)ccc1OCc1cscn1. The maximum atomic E-state index is 12.9. The van der Waals surface area contributed by atoms with E-state index in [1.165, 1.54) is 36.5 Å². The van der Waals surface area contributed by atoms with Crippen molar-refractivity contribution in [1.29, 1.82) is 0 Å². The fraction of sp³-hybridized carbons (Fsp3) is 0.273. The summed E-state index contributed by atoms with van der Waals surface area (Å²) in [5, 5.41) is 1.89. The van der Waals surface area contributed by atoms with Crippen LogP contribution in [-0.4, -0.2) is 43.7 Å². The first kappa shape index (κ1) is 23.3. The lowest BCUT2D eigenvalue weighted by Crippen LogP contribution is -2.26. The van der Waals surface area contributed by atoms with Gasteiger partial charge in [0.2, 0.25) is 0 Å². The van der Waals surface area contributed by atoms with Crippen molar-refractivity contribution in [3.63, 3.8) is 0 Å². The Morgan fingerprint density at radius 1 is 1.06 bits per heavy atom. The second kappa shape index (κ2) is 10.8. The predicted molar refractivity (Wildman–Crippen MR) is 115 cm³/mol. The van der Waals surface area contributed by atoms with E-state index in [2.05, 4.69) is 9.72 Å². The molecule has 1 aromatic heterocycles. The first-order valence-electron chi connectivity index (χ1n) is 9.46. The minimum Gasteiger partial charge on any atom is -0.493 e. The molecular formula is C22H22F2N2O5S. The molecule has 170 valence electrons. The van der Waals surface area contributed by atoms with Crippen LogP contribution in [0.4, 0.5) is 8.78 Å². The van der Waals surface area contributed by atoms with E-state index in [4.69, 9.17) is 14.2 Å². The van der Waals surface area contributed by atoms with Gasteiger partial charge in [-0.05, 0) is 35.9 Å². The fourth-order valence-corrected chi connectivity index (χ4v) is 3.49. The van der Waals surface area contributed by atoms with Crippen LogP contribution in [0.15, 0.2) is 47.3 Å². The van der Waals surface area contributed by atoms with Crippen molar-refractivity contribution in [2.24, 2.45) is 0 Å². The van der Waals surface area contributed by atoms with Gasteiger partial charge in [0, 0.05) is 24.5 Å². The summed E-state index contributed by atoms with van der Waals surface area (Å²) in [7, 11) is 4.49. The quantitative estimate of drug-likeness (QED) is 0.436. The van der Waals surface area contributed by atoms with E-state index in [0.717, 1.165) is 5.69 Å². The van der Waals surface area contributed by atoms with E-state index in [1.807, 2.05) is 5.38 Å². The van der Waals surface area contributed by atoms with Crippen LogP contribution >= 0.6 is 11.3 Å². The van der Waals surface area contributed by atoms with Crippen LogP contribution in [0.25, 0.3) is 0 Å². The largest absolute Gasteiger partial charge is 0.493 e. The lowest BCUT2D eigenvalue weighted by Gasteiger charge is -2.19. The molecule has 1 amide bonds. The topological polar surface area (TPSA) is 70.1 Å². The van der Waals surface area contributed by atoms with Gasteiger partial charge in [-0.25, -0.2) is 4.98 Å². The lowest BCUT2D eigenvalue weighted by atomic mass is 10.1. The average Bonchev–Trinajstić information content (AvgIpc) is 3.31. The summed E-state index contributed by atoms with van der Waals surface area (Å²) in [6, 6.07) is 9.46. The van der Waals surface area contributed by atoms with Crippen molar-refractivity contribution in [3.05, 3.63) is 64.1 Å². The van der Waals surface area contributed by atoms with Gasteiger partial charge in [-0.3, -0.25) is 4.79 Å². The van der Waals surface area contributed by atoms with Crippen molar-refractivity contribution in [2.75, 3.05) is 21.3 Å². The van der Waals surface area contributed by atoms with Crippen molar-refractivity contribution < 1.29 is 32.5 Å². The first-order valence-corrected chi connectivity index (χ1v) is 10.4. The van der Waals surface area contributed by atoms with Gasteiger partial charge in [0.25, 0.3) is 5.91 Å². The third-order valence-electron chi connectivity index (χ3n) is 4.48. The summed E-state index contributed by atoms with van der Waals surface area (Å²) in [6.07, 6.45) is 0. The molecule has 10 heteroatoms. The highest BCUT2D eigenvalue weighted by Gasteiger charge is 2.17. The van der Waals surface area contributed by atoms with Crippen LogP contribution in [0.1, 0.15) is 21.6 Å². The number of methoxy groups -OCH3 is 2. The number of carbonyl (C=O) groups excluding carboxylic acids is 1. The van der Waals surface area contributed by atoms with Gasteiger partial charge >= 0.3 is 6.61 Å². The van der Waals surface area contributed by atoms with Crippen molar-refractivity contribution in [1.82, 2.24) is 9.88 Å². The van der Waals surface area contributed by atoms with Crippen LogP contribution in [0.2, 0.25) is 0 Å². The van der Waals surface area contributed by atoms with Gasteiger partial charge < -0.3 is 23.8 Å². The van der Waals surface area contributed by atoms with Gasteiger partial charge in [-0.15, -0.1) is 11.3 Å². The van der Waals surface area contributed by atoms with Gasteiger partial charge in [0.1, 0.15) is 6.61 Å². The van der Waals surface area contributed by atoms with Crippen LogP contribution in [0.5, 0.6) is 23.0 Å². The second-order valence-corrected chi connectivity index (χ2v) is 7.38. The molecule has 3 aromatic rings. The van der Waals surface area contributed by atoms with E-state index in [9.17, 15) is 13.6 Å². The van der Waals surface area contributed by atoms with Gasteiger partial charge in [-0.1, -0.05) is 6.07 Å². The zero-order valence-corrected chi connectivity index (χ0v) is 18.5. The Hall–Kier alpha value is -3.40. The molecule has 0 bridgehead atoms. The summed E-state index contributed by atoms with van der Waals surface area (Å²) in [6.45, 7) is -2.43. The molecule has 2 aromatic carbocycles. The highest BCUT2D eigenvalue weighted by molar-refractivity contribution is 7.07. The van der Waals surface area contributed by atoms with E-state index < -0.39 is 6.61 Å². The standard InChI is InChI=1S/C22H22F2N2O5S/c1-26(10-14-4-6-18(31-22(23)24)19(8-14)28-2)21(27)15-5-7-17(20(9-15)29-3)30-11-16-12-32-13-25-16/h4-9,12-13,22H,10-11H2,1-3H3. The van der Waals surface area contributed by atoms with E-state index >= 15 is 0 Å². The van der Waals surface area contributed by atoms with Gasteiger partial charge in [-0.2, -0.15) is 8.78 Å². The monoisotopic (exact) mass is 464 g/mol. The molecular weight excluding hydrogens is 442 g/mol. The maximum absolute atomic E-state index is 12.9. The molecule has 0 spiro atoms. The first-order chi connectivity index (χ1) is 15.4. The lowest BCUT2D eigenvalue weighted by molar-refractivity contribution is -0.0512. The number of ether oxygens (including phenoxy) is 4. The molecule has 0 saturated carbocycles. The molecule has 0 N–H and O–H groups in total. The number of thiazole rings is 1. The molecule has 0 radical (unpaired) electrons. The van der Waals surface area contributed by atoms with Gasteiger partial charge in [0.05, 0.1) is 25.4 Å². The highest BCUT2D eigenvalue weighted by atomic mass is 32.1. The Morgan fingerprint density at radius 2 is 1.78 bits per heavy atom. The summed E-state index contributed by atoms with van der Waals surface area (Å²) in [4.78, 5) is 18.6. The molecule has 0 saturated heterocycles. The van der Waals surface area contributed by atoms with E-state index in [1.54, 1.807) is 42.9 Å². The number of alkyl halides is 2. The summed E-state index contributed by atoms with van der Waals surface area (Å²) >= 11 is 1.48. The molecule has 1 heterocycles. The zero-order chi connectivity index (χ0) is 23.1. The molecule has 0 aliphatic carbocycles. The molecule has 0 unspecified atom stereocenters. The Morgan fingerprint density at radius 3 is 2.44 bits per heavy atom. The summed E-state index contributed by atoms with van der Waals surface area (Å²) < 4.78 is 45.6. The number of halogens is 2. The molecule has 3 rings (SSSR count). The minimum atomic E-state index is -2.96. The molecule has 0 aliphatic rings.